The summed E-state index contributed by atoms with van der Waals surface area (Å²) in [7, 11) is 0. The highest BCUT2D eigenvalue weighted by Crippen LogP contribution is 2.55. The zero-order chi connectivity index (χ0) is 40.5. The van der Waals surface area contributed by atoms with Crippen molar-refractivity contribution in [3.8, 4) is 16.9 Å². The van der Waals surface area contributed by atoms with E-state index in [4.69, 9.17) is 14.7 Å². The topological polar surface area (TPSA) is 42.7 Å². The summed E-state index contributed by atoms with van der Waals surface area (Å²) in [5, 5.41) is 2.48. The predicted molar refractivity (Wildman–Crippen MR) is 242 cm³/mol. The summed E-state index contributed by atoms with van der Waals surface area (Å²) < 4.78 is 9.33. The van der Waals surface area contributed by atoms with E-state index in [2.05, 4.69) is 182 Å². The highest BCUT2D eigenvalue weighted by Gasteiger charge is 2.55. The lowest BCUT2D eigenvalue weighted by atomic mass is 9.73. The predicted octanol–water partition coefficient (Wildman–Crippen LogP) is 13.7. The van der Waals surface area contributed by atoms with Gasteiger partial charge in [0.25, 0.3) is 0 Å². The number of nitrogens with zero attached hydrogens (tertiary/aromatic N) is 4. The van der Waals surface area contributed by atoms with E-state index in [0.717, 1.165) is 53.3 Å². The third-order valence-electron chi connectivity index (χ3n) is 13.9. The van der Waals surface area contributed by atoms with Gasteiger partial charge in [-0.25, -0.2) is 9.98 Å². The summed E-state index contributed by atoms with van der Waals surface area (Å²) in [6, 6.07) is 38.7. The number of rotatable bonds is 4. The van der Waals surface area contributed by atoms with Crippen molar-refractivity contribution in [2.75, 3.05) is 4.90 Å². The van der Waals surface area contributed by atoms with Crippen LogP contribution in [-0.4, -0.2) is 26.6 Å². The quantitative estimate of drug-likeness (QED) is 0.179. The van der Waals surface area contributed by atoms with Gasteiger partial charge in [0.15, 0.2) is 0 Å². The number of pyridine rings is 1. The van der Waals surface area contributed by atoms with Gasteiger partial charge in [-0.15, -0.1) is 0 Å². The van der Waals surface area contributed by atoms with Gasteiger partial charge in [-0.3, -0.25) is 4.57 Å². The lowest BCUT2D eigenvalue weighted by Gasteiger charge is -2.42. The zero-order valence-corrected chi connectivity index (χ0v) is 35.7. The van der Waals surface area contributed by atoms with E-state index in [0.29, 0.717) is 0 Å². The molecule has 0 bridgehead atoms. The van der Waals surface area contributed by atoms with Crippen molar-refractivity contribution < 1.29 is 4.74 Å². The van der Waals surface area contributed by atoms with Gasteiger partial charge in [0.05, 0.1) is 22.4 Å². The number of fused-ring (bicyclic) bond motifs is 6. The lowest BCUT2D eigenvalue weighted by Crippen LogP contribution is -2.41. The second-order valence-electron chi connectivity index (χ2n) is 19.3. The molecule has 1 fully saturated rings. The molecule has 10 rings (SSSR count). The summed E-state index contributed by atoms with van der Waals surface area (Å²) >= 11 is 0. The highest BCUT2D eigenvalue weighted by molar-refractivity contribution is 6.12. The molecule has 0 unspecified atom stereocenters. The second kappa shape index (κ2) is 12.4. The van der Waals surface area contributed by atoms with Crippen molar-refractivity contribution in [3.63, 3.8) is 0 Å². The first kappa shape index (κ1) is 36.6. The van der Waals surface area contributed by atoms with Crippen LogP contribution in [0.25, 0.3) is 38.8 Å². The summed E-state index contributed by atoms with van der Waals surface area (Å²) in [5.74, 6) is 1.68. The van der Waals surface area contributed by atoms with Crippen LogP contribution in [0.3, 0.4) is 0 Å². The molecule has 4 heterocycles. The molecule has 0 spiro atoms. The minimum Gasteiger partial charge on any atom is -0.469 e. The number of hydrogen-bond acceptors (Lipinski definition) is 4. The molecule has 292 valence electrons. The zero-order valence-electron chi connectivity index (χ0n) is 35.7. The van der Waals surface area contributed by atoms with Gasteiger partial charge in [-0.2, -0.15) is 0 Å². The van der Waals surface area contributed by atoms with E-state index in [1.54, 1.807) is 0 Å². The Kier molecular flexibility index (Phi) is 7.84. The lowest BCUT2D eigenvalue weighted by molar-refractivity contribution is 0.0580. The van der Waals surface area contributed by atoms with Crippen LogP contribution in [0.15, 0.2) is 114 Å². The van der Waals surface area contributed by atoms with Gasteiger partial charge >= 0.3 is 0 Å². The molecule has 0 saturated heterocycles. The maximum atomic E-state index is 6.95. The Bertz CT molecular complexity index is 2870. The number of hydrogen-bond donors (Lipinski definition) is 0. The largest absolute Gasteiger partial charge is 0.469 e. The van der Waals surface area contributed by atoms with Crippen LogP contribution in [0.2, 0.25) is 0 Å². The summed E-state index contributed by atoms with van der Waals surface area (Å²) in [4.78, 5) is 13.0. The van der Waals surface area contributed by atoms with E-state index in [9.17, 15) is 0 Å². The maximum absolute atomic E-state index is 6.95. The number of benzene rings is 5. The van der Waals surface area contributed by atoms with Crippen LogP contribution in [0.1, 0.15) is 107 Å². The fourth-order valence-electron chi connectivity index (χ4n) is 10.4. The third kappa shape index (κ3) is 5.35. The van der Waals surface area contributed by atoms with Crippen molar-refractivity contribution in [2.45, 2.75) is 110 Å². The minimum atomic E-state index is -0.304. The Morgan fingerprint density at radius 3 is 2.17 bits per heavy atom. The number of para-hydroxylation sites is 1. The van der Waals surface area contributed by atoms with Gasteiger partial charge in [0, 0.05) is 33.6 Å². The molecule has 2 atom stereocenters. The van der Waals surface area contributed by atoms with Gasteiger partial charge < -0.3 is 9.64 Å². The molecule has 5 heteroatoms. The summed E-state index contributed by atoms with van der Waals surface area (Å²) in [5.41, 5.74) is 15.9. The molecular formula is C53H54N4O. The standard InChI is InChI=1S/C53H54N4O/c1-32-19-20-43-39(25-32)40-30-42-46(31-45(40)57(43)47-29-37(21-24-54-47)50(4,5)6)56(44-18-12-11-17-41(44)51(42,7)8)38-27-35(48-33(2)15-13-16-34(48)3)26-36(28-38)49-55-52(9)22-14-23-53(52,10)58-49/h11-13,15-21,24-31H,14,22-23H2,1-10H3/t52-,53+/m1/s1. The monoisotopic (exact) mass is 762 g/mol. The number of anilines is 3. The average molecular weight is 763 g/mol. The van der Waals surface area contributed by atoms with Crippen molar-refractivity contribution in [1.82, 2.24) is 9.55 Å². The Balaban J connectivity index is 1.28. The molecule has 7 aromatic rings. The first-order valence-corrected chi connectivity index (χ1v) is 21.0. The Morgan fingerprint density at radius 2 is 1.41 bits per heavy atom. The number of aliphatic imine (C=N–C) groups is 1. The Labute approximate surface area is 343 Å². The first-order chi connectivity index (χ1) is 27.6. The molecule has 1 aliphatic carbocycles. The van der Waals surface area contributed by atoms with E-state index in [1.165, 1.54) is 66.7 Å². The fraction of sp³-hybridized carbons (Fsp3) is 0.321. The van der Waals surface area contributed by atoms with Crippen LogP contribution in [-0.2, 0) is 15.6 Å². The smallest absolute Gasteiger partial charge is 0.217 e. The minimum absolute atomic E-state index is 0.0181. The van der Waals surface area contributed by atoms with Crippen molar-refractivity contribution in [3.05, 3.63) is 148 Å². The highest BCUT2D eigenvalue weighted by atomic mass is 16.5. The van der Waals surface area contributed by atoms with Crippen LogP contribution >= 0.6 is 0 Å². The molecule has 0 amide bonds. The molecule has 3 aliphatic rings. The van der Waals surface area contributed by atoms with Gasteiger partial charge in [-0.1, -0.05) is 82.6 Å². The van der Waals surface area contributed by atoms with E-state index in [1.807, 2.05) is 6.20 Å². The summed E-state index contributed by atoms with van der Waals surface area (Å²) in [6.07, 6.45) is 5.15. The van der Waals surface area contributed by atoms with Crippen molar-refractivity contribution in [2.24, 2.45) is 4.99 Å². The average Bonchev–Trinajstić information content (AvgIpc) is 3.75. The van der Waals surface area contributed by atoms with Crippen LogP contribution < -0.4 is 4.90 Å². The number of ether oxygens (including phenoxy) is 1. The van der Waals surface area contributed by atoms with Crippen LogP contribution in [0.5, 0.6) is 0 Å². The first-order valence-electron chi connectivity index (χ1n) is 21.0. The molecule has 1 saturated carbocycles. The van der Waals surface area contributed by atoms with Crippen LogP contribution in [0, 0.1) is 20.8 Å². The second-order valence-corrected chi connectivity index (χ2v) is 19.3. The number of aryl methyl sites for hydroxylation is 3. The molecule has 5 nitrogen and oxygen atoms in total. The fourth-order valence-corrected chi connectivity index (χ4v) is 10.4. The molecule has 0 N–H and O–H groups in total. The molecule has 5 aromatic carbocycles. The SMILES string of the molecule is Cc1ccc2c(c1)c1cc3c(cc1n2-c1cc(C(C)(C)C)ccn1)N(c1cc(C2=N[C@]4(C)CCC[C@]4(C)O2)cc(-c2c(C)cccc2C)c1)c1ccccc1C3(C)C. The van der Waals surface area contributed by atoms with Gasteiger partial charge in [0.1, 0.15) is 17.0 Å². The van der Waals surface area contributed by atoms with E-state index < -0.39 is 0 Å². The summed E-state index contributed by atoms with van der Waals surface area (Å²) in [6.45, 7) is 22.7. The molecule has 0 radical (unpaired) electrons. The number of aromatic nitrogens is 2. The van der Waals surface area contributed by atoms with E-state index >= 15 is 0 Å². The molecule has 58 heavy (non-hydrogen) atoms. The van der Waals surface area contributed by atoms with Gasteiger partial charge in [0.2, 0.25) is 5.90 Å². The normalized spacial score (nSPS) is 20.9. The molecule has 2 aliphatic heterocycles. The van der Waals surface area contributed by atoms with Crippen LogP contribution in [0.4, 0.5) is 17.1 Å². The Hall–Kier alpha value is -5.68. The third-order valence-corrected chi connectivity index (χ3v) is 13.9. The maximum Gasteiger partial charge on any atom is 0.217 e. The van der Waals surface area contributed by atoms with E-state index in [-0.39, 0.29) is 22.0 Å². The molecule has 2 aromatic heterocycles. The van der Waals surface area contributed by atoms with Crippen molar-refractivity contribution >= 4 is 44.8 Å². The molecular weight excluding hydrogens is 709 g/mol. The van der Waals surface area contributed by atoms with Gasteiger partial charge in [-0.05, 0) is 159 Å². The Morgan fingerprint density at radius 1 is 0.672 bits per heavy atom. The van der Waals surface area contributed by atoms with Crippen molar-refractivity contribution in [1.29, 1.82) is 0 Å².